The van der Waals surface area contributed by atoms with Gasteiger partial charge in [0, 0.05) is 34.8 Å². The number of nitrogens with zero attached hydrogens (tertiary/aromatic N) is 3. The molecule has 0 bridgehead atoms. The molecule has 0 aliphatic carbocycles. The van der Waals surface area contributed by atoms with Gasteiger partial charge < -0.3 is 4.90 Å². The van der Waals surface area contributed by atoms with E-state index in [0.29, 0.717) is 27.2 Å². The molecule has 3 heterocycles. The molecule has 5 rings (SSSR count). The second kappa shape index (κ2) is 7.85. The highest BCUT2D eigenvalue weighted by Crippen LogP contribution is 2.26. The summed E-state index contributed by atoms with van der Waals surface area (Å²) in [5, 5.41) is 5.05. The summed E-state index contributed by atoms with van der Waals surface area (Å²) in [6, 6.07) is 12.9. The number of carbonyl (C=O) groups is 1. The van der Waals surface area contributed by atoms with Crippen molar-refractivity contribution in [1.82, 2.24) is 19.7 Å². The van der Waals surface area contributed by atoms with Crippen molar-refractivity contribution in [1.29, 1.82) is 0 Å². The van der Waals surface area contributed by atoms with Gasteiger partial charge in [0.05, 0.1) is 22.1 Å². The Morgan fingerprint density at radius 2 is 1.97 bits per heavy atom. The highest BCUT2D eigenvalue weighted by Gasteiger charge is 2.26. The van der Waals surface area contributed by atoms with E-state index >= 15 is 0 Å². The Labute approximate surface area is 184 Å². The van der Waals surface area contributed by atoms with Crippen LogP contribution in [0.1, 0.15) is 43.0 Å². The summed E-state index contributed by atoms with van der Waals surface area (Å²) in [5.41, 5.74) is 2.53. The lowest BCUT2D eigenvalue weighted by Gasteiger charge is -2.35. The van der Waals surface area contributed by atoms with Gasteiger partial charge in [0.25, 0.3) is 11.5 Å². The predicted molar refractivity (Wildman–Crippen MR) is 123 cm³/mol. The normalized spacial score (nSPS) is 16.8. The monoisotopic (exact) mass is 434 g/mol. The van der Waals surface area contributed by atoms with Gasteiger partial charge in [-0.05, 0) is 68.1 Å². The van der Waals surface area contributed by atoms with E-state index in [9.17, 15) is 9.59 Å². The van der Waals surface area contributed by atoms with E-state index in [1.54, 1.807) is 30.5 Å². The van der Waals surface area contributed by atoms with E-state index < -0.39 is 0 Å². The smallest absolute Gasteiger partial charge is 0.280 e. The number of nitrogens with one attached hydrogen (secondary N) is 1. The van der Waals surface area contributed by atoms with Gasteiger partial charge in [-0.1, -0.05) is 18.5 Å². The SMILES string of the molecule is CCC1CCCCN1C(=O)c1ccc2ncc3c(=O)n(-c4ccc(Cl)cc4)[nH]c3c2c1. The molecule has 0 spiro atoms. The molecule has 0 radical (unpaired) electrons. The van der Waals surface area contributed by atoms with Gasteiger partial charge >= 0.3 is 0 Å². The molecule has 2 aromatic heterocycles. The quantitative estimate of drug-likeness (QED) is 0.497. The number of hydrogen-bond acceptors (Lipinski definition) is 3. The highest BCUT2D eigenvalue weighted by atomic mass is 35.5. The van der Waals surface area contributed by atoms with Crippen LogP contribution in [0.3, 0.4) is 0 Å². The zero-order chi connectivity index (χ0) is 21.5. The first-order valence-corrected chi connectivity index (χ1v) is 11.0. The number of benzene rings is 2. The minimum absolute atomic E-state index is 0.0462. The van der Waals surface area contributed by atoms with Crippen LogP contribution in [-0.2, 0) is 0 Å². The maximum atomic E-state index is 13.3. The second-order valence-electron chi connectivity index (χ2n) is 8.06. The fraction of sp³-hybridized carbons (Fsp3) is 0.292. The predicted octanol–water partition coefficient (Wildman–Crippen LogP) is 4.93. The van der Waals surface area contributed by atoms with Crippen molar-refractivity contribution in [2.75, 3.05) is 6.54 Å². The van der Waals surface area contributed by atoms with Crippen molar-refractivity contribution in [3.63, 3.8) is 0 Å². The number of fused-ring (bicyclic) bond motifs is 3. The number of aromatic nitrogens is 3. The molecule has 158 valence electrons. The molecule has 6 nitrogen and oxygen atoms in total. The van der Waals surface area contributed by atoms with Crippen LogP contribution in [0.2, 0.25) is 5.02 Å². The Morgan fingerprint density at radius 3 is 2.74 bits per heavy atom. The molecule has 1 N–H and O–H groups in total. The molecule has 1 aliphatic rings. The number of H-pyrrole nitrogens is 1. The van der Waals surface area contributed by atoms with Crippen LogP contribution < -0.4 is 5.56 Å². The highest BCUT2D eigenvalue weighted by molar-refractivity contribution is 6.30. The molecule has 4 aromatic rings. The fourth-order valence-corrected chi connectivity index (χ4v) is 4.65. The van der Waals surface area contributed by atoms with E-state index in [1.807, 2.05) is 23.1 Å². The summed E-state index contributed by atoms with van der Waals surface area (Å²) in [4.78, 5) is 32.7. The molecular weight excluding hydrogens is 412 g/mol. The lowest BCUT2D eigenvalue weighted by molar-refractivity contribution is 0.0608. The van der Waals surface area contributed by atoms with Gasteiger partial charge in [-0.2, -0.15) is 0 Å². The summed E-state index contributed by atoms with van der Waals surface area (Å²) in [7, 11) is 0. The van der Waals surface area contributed by atoms with Crippen molar-refractivity contribution in [2.24, 2.45) is 0 Å². The Bertz CT molecular complexity index is 1340. The molecule has 1 aliphatic heterocycles. The molecule has 1 fully saturated rings. The second-order valence-corrected chi connectivity index (χ2v) is 8.50. The van der Waals surface area contributed by atoms with Gasteiger partial charge in [-0.25, -0.2) is 4.68 Å². The third-order valence-corrected chi connectivity index (χ3v) is 6.47. The minimum atomic E-state index is -0.189. The number of aromatic amines is 1. The fourth-order valence-electron chi connectivity index (χ4n) is 4.52. The zero-order valence-electron chi connectivity index (χ0n) is 17.3. The van der Waals surface area contributed by atoms with Crippen molar-refractivity contribution < 1.29 is 4.79 Å². The van der Waals surface area contributed by atoms with Crippen LogP contribution in [0.25, 0.3) is 27.5 Å². The Kier molecular flexibility index (Phi) is 5.02. The summed E-state index contributed by atoms with van der Waals surface area (Å²) in [6.45, 7) is 2.93. The van der Waals surface area contributed by atoms with Gasteiger partial charge in [0.15, 0.2) is 0 Å². The van der Waals surface area contributed by atoms with Crippen molar-refractivity contribution in [3.05, 3.63) is 69.6 Å². The average Bonchev–Trinajstić information content (AvgIpc) is 3.15. The van der Waals surface area contributed by atoms with Gasteiger partial charge in [0.2, 0.25) is 0 Å². The molecule has 2 aromatic carbocycles. The number of carbonyl (C=O) groups excluding carboxylic acids is 1. The van der Waals surface area contributed by atoms with Crippen LogP contribution in [0.15, 0.2) is 53.5 Å². The summed E-state index contributed by atoms with van der Waals surface area (Å²) in [5.74, 6) is 0.0462. The minimum Gasteiger partial charge on any atom is -0.336 e. The maximum absolute atomic E-state index is 13.3. The number of amides is 1. The lowest BCUT2D eigenvalue weighted by atomic mass is 9.98. The molecule has 1 amide bonds. The summed E-state index contributed by atoms with van der Waals surface area (Å²) >= 11 is 5.98. The van der Waals surface area contributed by atoms with Crippen LogP contribution >= 0.6 is 11.6 Å². The zero-order valence-corrected chi connectivity index (χ0v) is 18.0. The average molecular weight is 435 g/mol. The first-order valence-electron chi connectivity index (χ1n) is 10.7. The van der Waals surface area contributed by atoms with Crippen molar-refractivity contribution in [3.8, 4) is 5.69 Å². The van der Waals surface area contributed by atoms with E-state index in [-0.39, 0.29) is 17.5 Å². The molecule has 0 saturated carbocycles. The summed E-state index contributed by atoms with van der Waals surface area (Å²) in [6.07, 6.45) is 5.81. The van der Waals surface area contributed by atoms with Gasteiger partial charge in [-0.3, -0.25) is 19.7 Å². The Morgan fingerprint density at radius 1 is 1.16 bits per heavy atom. The van der Waals surface area contributed by atoms with Crippen LogP contribution in [-0.4, -0.2) is 38.2 Å². The largest absolute Gasteiger partial charge is 0.336 e. The topological polar surface area (TPSA) is 71.0 Å². The van der Waals surface area contributed by atoms with Crippen LogP contribution in [0, 0.1) is 0 Å². The number of rotatable bonds is 3. The Balaban J connectivity index is 1.63. The van der Waals surface area contributed by atoms with Gasteiger partial charge in [-0.15, -0.1) is 0 Å². The Hall–Kier alpha value is -3.12. The van der Waals surface area contributed by atoms with E-state index in [0.717, 1.165) is 36.7 Å². The molecular formula is C24H23ClN4O2. The number of hydrogen-bond donors (Lipinski definition) is 1. The van der Waals surface area contributed by atoms with Crippen LogP contribution in [0.5, 0.6) is 0 Å². The van der Waals surface area contributed by atoms with Crippen molar-refractivity contribution >= 4 is 39.3 Å². The summed E-state index contributed by atoms with van der Waals surface area (Å²) < 4.78 is 1.48. The van der Waals surface area contributed by atoms with Crippen molar-refractivity contribution in [2.45, 2.75) is 38.6 Å². The number of halogens is 1. The molecule has 1 unspecified atom stereocenters. The standard InChI is InChI=1S/C24H23ClN4O2/c1-2-17-5-3-4-12-28(17)23(30)15-6-11-21-19(13-15)22-20(14-26-21)24(31)29(27-22)18-9-7-16(25)8-10-18/h6-11,13-14,17,27H,2-5,12H2,1H3. The molecule has 1 saturated heterocycles. The van der Waals surface area contributed by atoms with E-state index in [1.165, 1.54) is 11.1 Å². The third kappa shape index (κ3) is 3.41. The van der Waals surface area contributed by atoms with Crippen LogP contribution in [0.4, 0.5) is 0 Å². The third-order valence-electron chi connectivity index (χ3n) is 6.22. The number of pyridine rings is 1. The number of likely N-dealkylation sites (tertiary alicyclic amines) is 1. The lowest BCUT2D eigenvalue weighted by Crippen LogP contribution is -2.43. The first-order chi connectivity index (χ1) is 15.1. The molecule has 31 heavy (non-hydrogen) atoms. The van der Waals surface area contributed by atoms with Gasteiger partial charge in [0.1, 0.15) is 0 Å². The van der Waals surface area contributed by atoms with E-state index in [2.05, 4.69) is 17.0 Å². The molecule has 7 heteroatoms. The number of piperidine rings is 1. The molecule has 1 atom stereocenters. The maximum Gasteiger partial charge on any atom is 0.280 e. The first kappa shape index (κ1) is 19.8. The van der Waals surface area contributed by atoms with E-state index in [4.69, 9.17) is 11.6 Å².